The van der Waals surface area contributed by atoms with E-state index in [1.165, 1.54) is 0 Å². The molecule has 128 valence electrons. The van der Waals surface area contributed by atoms with E-state index in [0.717, 1.165) is 11.3 Å². The number of anilines is 1. The summed E-state index contributed by atoms with van der Waals surface area (Å²) in [5.41, 5.74) is 2.15. The molecule has 1 saturated heterocycles. The van der Waals surface area contributed by atoms with Crippen molar-refractivity contribution in [3.63, 3.8) is 0 Å². The number of amides is 1. The molecule has 1 amide bonds. The van der Waals surface area contributed by atoms with E-state index in [2.05, 4.69) is 10.4 Å². The maximum atomic E-state index is 12.5. The molecule has 1 fully saturated rings. The molecule has 6 nitrogen and oxygen atoms in total. The van der Waals surface area contributed by atoms with E-state index in [1.54, 1.807) is 12.1 Å². The average Bonchev–Trinajstić information content (AvgIpc) is 3.16. The van der Waals surface area contributed by atoms with E-state index in [4.69, 9.17) is 9.47 Å². The molecule has 1 aliphatic rings. The molecule has 0 spiro atoms. The van der Waals surface area contributed by atoms with Crippen LogP contribution in [0.4, 0.5) is 5.82 Å². The Hall–Kier alpha value is -2.18. The summed E-state index contributed by atoms with van der Waals surface area (Å²) in [6.45, 7) is 9.25. The van der Waals surface area contributed by atoms with E-state index < -0.39 is 0 Å². The van der Waals surface area contributed by atoms with Gasteiger partial charge in [-0.1, -0.05) is 12.1 Å². The van der Waals surface area contributed by atoms with Crippen LogP contribution in [0.15, 0.2) is 30.3 Å². The van der Waals surface area contributed by atoms with Gasteiger partial charge in [-0.3, -0.25) is 4.79 Å². The van der Waals surface area contributed by atoms with Gasteiger partial charge in [-0.05, 0) is 39.8 Å². The van der Waals surface area contributed by atoms with E-state index in [1.807, 2.05) is 50.6 Å². The van der Waals surface area contributed by atoms with Crippen LogP contribution in [0.1, 0.15) is 48.7 Å². The van der Waals surface area contributed by atoms with Gasteiger partial charge >= 0.3 is 0 Å². The first-order valence-corrected chi connectivity index (χ1v) is 8.06. The highest BCUT2D eigenvalue weighted by Crippen LogP contribution is 2.24. The standard InChI is InChI=1S/C18H23N3O3/c1-12-11-15(21(20-12)18(2,3)4)19-16(22)13-5-7-14(8-6-13)17-23-9-10-24-17/h5-8,11,17H,9-10H2,1-4H3,(H,19,22). The molecular formula is C18H23N3O3. The molecule has 2 aromatic rings. The smallest absolute Gasteiger partial charge is 0.256 e. The zero-order chi connectivity index (χ0) is 17.3. The number of carbonyl (C=O) groups is 1. The largest absolute Gasteiger partial charge is 0.346 e. The van der Waals surface area contributed by atoms with Crippen LogP contribution in [-0.4, -0.2) is 28.9 Å². The number of aromatic nitrogens is 2. The molecule has 0 saturated carbocycles. The van der Waals surface area contributed by atoms with Crippen molar-refractivity contribution in [1.82, 2.24) is 9.78 Å². The first-order valence-electron chi connectivity index (χ1n) is 8.06. The summed E-state index contributed by atoms with van der Waals surface area (Å²) in [7, 11) is 0. The zero-order valence-electron chi connectivity index (χ0n) is 14.5. The number of hydrogen-bond acceptors (Lipinski definition) is 4. The second-order valence-electron chi connectivity index (χ2n) is 6.90. The van der Waals surface area contributed by atoms with Crippen LogP contribution in [0.3, 0.4) is 0 Å². The molecule has 6 heteroatoms. The van der Waals surface area contributed by atoms with Crippen LogP contribution in [0.5, 0.6) is 0 Å². The summed E-state index contributed by atoms with van der Waals surface area (Å²) in [5, 5.41) is 7.41. The topological polar surface area (TPSA) is 65.4 Å². The molecule has 2 heterocycles. The van der Waals surface area contributed by atoms with Gasteiger partial charge in [0, 0.05) is 17.2 Å². The maximum absolute atomic E-state index is 12.5. The van der Waals surface area contributed by atoms with Crippen LogP contribution in [0.25, 0.3) is 0 Å². The molecule has 0 unspecified atom stereocenters. The van der Waals surface area contributed by atoms with Gasteiger partial charge in [0.1, 0.15) is 5.82 Å². The Morgan fingerprint density at radius 1 is 1.21 bits per heavy atom. The number of nitrogens with one attached hydrogen (secondary N) is 1. The van der Waals surface area contributed by atoms with Gasteiger partial charge in [0.2, 0.25) is 0 Å². The predicted molar refractivity (Wildman–Crippen MR) is 91.0 cm³/mol. The minimum Gasteiger partial charge on any atom is -0.346 e. The van der Waals surface area contributed by atoms with Crippen molar-refractivity contribution in [2.24, 2.45) is 0 Å². The number of nitrogens with zero attached hydrogens (tertiary/aromatic N) is 2. The fourth-order valence-electron chi connectivity index (χ4n) is 2.63. The summed E-state index contributed by atoms with van der Waals surface area (Å²) < 4.78 is 12.7. The third kappa shape index (κ3) is 3.49. The number of benzene rings is 1. The number of aryl methyl sites for hydroxylation is 1. The number of ether oxygens (including phenoxy) is 2. The van der Waals surface area contributed by atoms with Crippen LogP contribution < -0.4 is 5.32 Å². The van der Waals surface area contributed by atoms with Gasteiger partial charge in [-0.25, -0.2) is 4.68 Å². The molecule has 1 aromatic carbocycles. The minimum absolute atomic E-state index is 0.166. The number of rotatable bonds is 3. The van der Waals surface area contributed by atoms with E-state index in [0.29, 0.717) is 24.6 Å². The fraction of sp³-hybridized carbons (Fsp3) is 0.444. The molecule has 24 heavy (non-hydrogen) atoms. The molecule has 1 N–H and O–H groups in total. The Morgan fingerprint density at radius 3 is 2.42 bits per heavy atom. The van der Waals surface area contributed by atoms with E-state index >= 15 is 0 Å². The molecule has 0 aliphatic carbocycles. The minimum atomic E-state index is -0.327. The Kier molecular flexibility index (Phi) is 4.43. The summed E-state index contributed by atoms with van der Waals surface area (Å²) in [5.74, 6) is 0.525. The average molecular weight is 329 g/mol. The molecule has 1 aliphatic heterocycles. The van der Waals surface area contributed by atoms with Gasteiger partial charge in [0.15, 0.2) is 6.29 Å². The highest BCUT2D eigenvalue weighted by molar-refractivity contribution is 6.03. The lowest BCUT2D eigenvalue weighted by molar-refractivity contribution is -0.0441. The van der Waals surface area contributed by atoms with Gasteiger partial charge in [0.25, 0.3) is 5.91 Å². The lowest BCUT2D eigenvalue weighted by Gasteiger charge is -2.22. The molecule has 0 bridgehead atoms. The van der Waals surface area contributed by atoms with Crippen LogP contribution in [0, 0.1) is 6.92 Å². The van der Waals surface area contributed by atoms with Crippen molar-refractivity contribution in [3.05, 3.63) is 47.2 Å². The normalized spacial score (nSPS) is 15.7. The summed E-state index contributed by atoms with van der Waals surface area (Å²) in [6, 6.07) is 9.15. The monoisotopic (exact) mass is 329 g/mol. The predicted octanol–water partition coefficient (Wildman–Crippen LogP) is 3.24. The Balaban J connectivity index is 1.75. The second kappa shape index (κ2) is 6.37. The van der Waals surface area contributed by atoms with Gasteiger partial charge in [0.05, 0.1) is 24.4 Å². The summed E-state index contributed by atoms with van der Waals surface area (Å²) in [4.78, 5) is 12.5. The van der Waals surface area contributed by atoms with Crippen LogP contribution >= 0.6 is 0 Å². The van der Waals surface area contributed by atoms with Gasteiger partial charge in [-0.2, -0.15) is 5.10 Å². The quantitative estimate of drug-likeness (QED) is 0.939. The molecular weight excluding hydrogens is 306 g/mol. The van der Waals surface area contributed by atoms with Crippen molar-refractivity contribution in [2.75, 3.05) is 18.5 Å². The first-order chi connectivity index (χ1) is 11.3. The van der Waals surface area contributed by atoms with Crippen molar-refractivity contribution < 1.29 is 14.3 Å². The summed E-state index contributed by atoms with van der Waals surface area (Å²) in [6.07, 6.45) is -0.327. The van der Waals surface area contributed by atoms with E-state index in [-0.39, 0.29) is 17.7 Å². The molecule has 3 rings (SSSR count). The fourth-order valence-corrected chi connectivity index (χ4v) is 2.63. The molecule has 0 atom stereocenters. The van der Waals surface area contributed by atoms with Crippen molar-refractivity contribution in [1.29, 1.82) is 0 Å². The zero-order valence-corrected chi connectivity index (χ0v) is 14.5. The van der Waals surface area contributed by atoms with Crippen molar-refractivity contribution in [3.8, 4) is 0 Å². The summed E-state index contributed by atoms with van der Waals surface area (Å²) >= 11 is 0. The van der Waals surface area contributed by atoms with Crippen LogP contribution in [-0.2, 0) is 15.0 Å². The van der Waals surface area contributed by atoms with Crippen LogP contribution in [0.2, 0.25) is 0 Å². The second-order valence-corrected chi connectivity index (χ2v) is 6.90. The lowest BCUT2D eigenvalue weighted by atomic mass is 10.1. The SMILES string of the molecule is Cc1cc(NC(=O)c2ccc(C3OCCO3)cc2)n(C(C)(C)C)n1. The Bertz CT molecular complexity index is 723. The van der Waals surface area contributed by atoms with Crippen molar-refractivity contribution >= 4 is 11.7 Å². The van der Waals surface area contributed by atoms with Gasteiger partial charge in [-0.15, -0.1) is 0 Å². The Labute approximate surface area is 141 Å². The number of hydrogen-bond donors (Lipinski definition) is 1. The first kappa shape index (κ1) is 16.7. The highest BCUT2D eigenvalue weighted by Gasteiger charge is 2.21. The van der Waals surface area contributed by atoms with Crippen molar-refractivity contribution in [2.45, 2.75) is 39.5 Å². The number of carbonyl (C=O) groups excluding carboxylic acids is 1. The highest BCUT2D eigenvalue weighted by atomic mass is 16.7. The maximum Gasteiger partial charge on any atom is 0.256 e. The molecule has 1 aromatic heterocycles. The van der Waals surface area contributed by atoms with Gasteiger partial charge < -0.3 is 14.8 Å². The lowest BCUT2D eigenvalue weighted by Crippen LogP contribution is -2.26. The molecule has 0 radical (unpaired) electrons. The Morgan fingerprint density at radius 2 is 1.83 bits per heavy atom. The third-order valence-electron chi connectivity index (χ3n) is 3.78. The third-order valence-corrected chi connectivity index (χ3v) is 3.78. The van der Waals surface area contributed by atoms with E-state index in [9.17, 15) is 4.79 Å².